The van der Waals surface area contributed by atoms with Gasteiger partial charge >= 0.3 is 0 Å². The van der Waals surface area contributed by atoms with Crippen LogP contribution in [0.15, 0.2) is 99.6 Å². The molecule has 32 heavy (non-hydrogen) atoms. The maximum atomic E-state index is 12.5. The van der Waals surface area contributed by atoms with Gasteiger partial charge in [0.15, 0.2) is 5.76 Å². The van der Waals surface area contributed by atoms with Gasteiger partial charge in [-0.15, -0.1) is 0 Å². The molecule has 1 amide bonds. The largest absolute Gasteiger partial charge is 0.451 e. The van der Waals surface area contributed by atoms with E-state index in [0.717, 1.165) is 5.69 Å². The number of nitro benzene ring substituents is 1. The maximum absolute atomic E-state index is 12.5. The second-order valence-electron chi connectivity index (χ2n) is 6.62. The molecule has 8 nitrogen and oxygen atoms in total. The van der Waals surface area contributed by atoms with Crippen molar-refractivity contribution in [3.63, 3.8) is 0 Å². The first-order valence-corrected chi connectivity index (χ1v) is 9.80. The summed E-state index contributed by atoms with van der Waals surface area (Å²) >= 11 is 6.12. The zero-order valence-corrected chi connectivity index (χ0v) is 17.2. The van der Waals surface area contributed by atoms with Gasteiger partial charge in [-0.3, -0.25) is 14.9 Å². The van der Waals surface area contributed by atoms with Gasteiger partial charge < -0.3 is 9.73 Å². The van der Waals surface area contributed by atoms with Crippen molar-refractivity contribution in [3.8, 4) is 11.3 Å². The van der Waals surface area contributed by atoms with Crippen molar-refractivity contribution in [2.45, 2.75) is 0 Å². The lowest BCUT2D eigenvalue weighted by atomic mass is 10.1. The van der Waals surface area contributed by atoms with E-state index in [-0.39, 0.29) is 16.5 Å². The van der Waals surface area contributed by atoms with Crippen molar-refractivity contribution in [3.05, 3.63) is 106 Å². The molecule has 0 radical (unpaired) electrons. The molecular weight excluding hydrogens is 432 g/mol. The maximum Gasteiger partial charge on any atom is 0.291 e. The molecule has 0 aliphatic carbocycles. The third-order valence-electron chi connectivity index (χ3n) is 4.42. The van der Waals surface area contributed by atoms with Crippen LogP contribution in [0.2, 0.25) is 5.02 Å². The Kier molecular flexibility index (Phi) is 6.05. The first kappa shape index (κ1) is 21.0. The van der Waals surface area contributed by atoms with Gasteiger partial charge in [-0.25, -0.2) is 0 Å². The van der Waals surface area contributed by atoms with Crippen LogP contribution >= 0.6 is 11.6 Å². The third kappa shape index (κ3) is 4.88. The number of furan rings is 1. The molecule has 0 aliphatic heterocycles. The van der Waals surface area contributed by atoms with Crippen LogP contribution < -0.4 is 5.32 Å². The molecule has 4 aromatic rings. The topological polar surface area (TPSA) is 110 Å². The van der Waals surface area contributed by atoms with Crippen LogP contribution in [0.25, 0.3) is 11.3 Å². The average Bonchev–Trinajstić information content (AvgIpc) is 3.29. The number of rotatable bonds is 6. The number of nitrogens with zero attached hydrogens (tertiary/aromatic N) is 3. The van der Waals surface area contributed by atoms with Gasteiger partial charge in [0, 0.05) is 23.4 Å². The van der Waals surface area contributed by atoms with Crippen LogP contribution in [0, 0.1) is 10.1 Å². The quantitative estimate of drug-likeness (QED) is 0.192. The molecule has 1 N–H and O–H groups in total. The van der Waals surface area contributed by atoms with E-state index in [2.05, 4.69) is 15.5 Å². The summed E-state index contributed by atoms with van der Waals surface area (Å²) in [4.78, 5) is 22.8. The van der Waals surface area contributed by atoms with Gasteiger partial charge in [0.1, 0.15) is 5.76 Å². The number of benzene rings is 3. The van der Waals surface area contributed by atoms with Crippen LogP contribution in [0.1, 0.15) is 10.6 Å². The van der Waals surface area contributed by atoms with Gasteiger partial charge in [0.2, 0.25) is 0 Å². The van der Waals surface area contributed by atoms with Crippen molar-refractivity contribution in [1.29, 1.82) is 0 Å². The van der Waals surface area contributed by atoms with E-state index in [1.54, 1.807) is 30.3 Å². The normalized spacial score (nSPS) is 10.9. The van der Waals surface area contributed by atoms with E-state index < -0.39 is 10.8 Å². The first-order chi connectivity index (χ1) is 15.5. The molecule has 0 fully saturated rings. The smallest absolute Gasteiger partial charge is 0.291 e. The highest BCUT2D eigenvalue weighted by molar-refractivity contribution is 6.33. The molecule has 0 aliphatic rings. The van der Waals surface area contributed by atoms with E-state index in [9.17, 15) is 14.9 Å². The van der Waals surface area contributed by atoms with Crippen LogP contribution in [-0.2, 0) is 0 Å². The first-order valence-electron chi connectivity index (χ1n) is 9.42. The number of carbonyl (C=O) groups is 1. The minimum Gasteiger partial charge on any atom is -0.451 e. The zero-order valence-electron chi connectivity index (χ0n) is 16.4. The summed E-state index contributed by atoms with van der Waals surface area (Å²) in [6.07, 6.45) is 0. The number of hydrogen-bond donors (Lipinski definition) is 1. The molecule has 0 spiro atoms. The number of carbonyl (C=O) groups excluding carboxylic acids is 1. The predicted molar refractivity (Wildman–Crippen MR) is 121 cm³/mol. The molecule has 1 aromatic heterocycles. The molecule has 0 atom stereocenters. The van der Waals surface area contributed by atoms with Gasteiger partial charge in [-0.2, -0.15) is 10.2 Å². The molecule has 3 aromatic carbocycles. The average molecular weight is 447 g/mol. The number of halogens is 1. The highest BCUT2D eigenvalue weighted by Crippen LogP contribution is 2.32. The van der Waals surface area contributed by atoms with Crippen LogP contribution in [0.4, 0.5) is 22.7 Å². The van der Waals surface area contributed by atoms with Crippen LogP contribution in [-0.4, -0.2) is 10.8 Å². The number of amides is 1. The lowest BCUT2D eigenvalue weighted by Crippen LogP contribution is -2.10. The standard InChI is InChI=1S/C23H15ClN4O4/c24-20-14-18(28(30)31)10-11-19(20)21-12-13-22(32-21)23(29)25-15-6-8-17(9-7-15)27-26-16-4-2-1-3-5-16/h1-14H,(H,25,29). The fraction of sp³-hybridized carbons (Fsp3) is 0. The van der Waals surface area contributed by atoms with Crippen LogP contribution in [0.5, 0.6) is 0 Å². The van der Waals surface area contributed by atoms with Gasteiger partial charge in [0.25, 0.3) is 11.6 Å². The fourth-order valence-electron chi connectivity index (χ4n) is 2.84. The molecule has 9 heteroatoms. The SMILES string of the molecule is O=C(Nc1ccc(N=Nc2ccccc2)cc1)c1ccc(-c2ccc([N+](=O)[O-])cc2Cl)o1. The Hall–Kier alpha value is -4.30. The highest BCUT2D eigenvalue weighted by Gasteiger charge is 2.16. The molecule has 0 bridgehead atoms. The Morgan fingerprint density at radius 2 is 1.59 bits per heavy atom. The summed E-state index contributed by atoms with van der Waals surface area (Å²) in [7, 11) is 0. The van der Waals surface area contributed by atoms with E-state index >= 15 is 0 Å². The Balaban J connectivity index is 1.43. The minimum atomic E-state index is -0.537. The molecule has 1 heterocycles. The summed E-state index contributed by atoms with van der Waals surface area (Å²) < 4.78 is 5.60. The number of nitro groups is 1. The summed E-state index contributed by atoms with van der Waals surface area (Å²) in [5, 5.41) is 22.0. The molecule has 0 saturated heterocycles. The monoisotopic (exact) mass is 446 g/mol. The zero-order chi connectivity index (χ0) is 22.5. The Bertz CT molecular complexity index is 1300. The van der Waals surface area contributed by atoms with Gasteiger partial charge in [0.05, 0.1) is 21.3 Å². The summed E-state index contributed by atoms with van der Waals surface area (Å²) in [6.45, 7) is 0. The molecular formula is C23H15ClN4O4. The second kappa shape index (κ2) is 9.23. The van der Waals surface area contributed by atoms with Crippen molar-refractivity contribution in [1.82, 2.24) is 0 Å². The summed E-state index contributed by atoms with van der Waals surface area (Å²) in [6, 6.07) is 23.3. The molecule has 4 rings (SSSR count). The fourth-order valence-corrected chi connectivity index (χ4v) is 3.10. The summed E-state index contributed by atoms with van der Waals surface area (Å²) in [5.74, 6) is -0.0538. The number of anilines is 1. The molecule has 0 saturated carbocycles. The highest BCUT2D eigenvalue weighted by atomic mass is 35.5. The predicted octanol–water partition coefficient (Wildman–Crippen LogP) is 7.18. The lowest BCUT2D eigenvalue weighted by Gasteiger charge is -2.04. The number of non-ortho nitro benzene ring substituents is 1. The van der Waals surface area contributed by atoms with E-state index in [0.29, 0.717) is 22.7 Å². The van der Waals surface area contributed by atoms with Crippen LogP contribution in [0.3, 0.4) is 0 Å². The summed E-state index contributed by atoms with van der Waals surface area (Å²) in [5.41, 5.74) is 2.26. The Morgan fingerprint density at radius 3 is 2.25 bits per heavy atom. The van der Waals surface area contributed by atoms with Crippen molar-refractivity contribution < 1.29 is 14.1 Å². The Morgan fingerprint density at radius 1 is 0.906 bits per heavy atom. The third-order valence-corrected chi connectivity index (χ3v) is 4.73. The molecule has 0 unspecified atom stereocenters. The Labute approximate surface area is 187 Å². The lowest BCUT2D eigenvalue weighted by molar-refractivity contribution is -0.384. The second-order valence-corrected chi connectivity index (χ2v) is 7.03. The number of nitrogens with one attached hydrogen (secondary N) is 1. The van der Waals surface area contributed by atoms with Crippen molar-refractivity contribution in [2.24, 2.45) is 10.2 Å². The minimum absolute atomic E-state index is 0.0715. The van der Waals surface area contributed by atoms with E-state index in [1.165, 1.54) is 24.3 Å². The number of azo groups is 1. The van der Waals surface area contributed by atoms with Gasteiger partial charge in [-0.1, -0.05) is 29.8 Å². The van der Waals surface area contributed by atoms with E-state index in [1.807, 2.05) is 30.3 Å². The van der Waals surface area contributed by atoms with Crippen molar-refractivity contribution in [2.75, 3.05) is 5.32 Å². The van der Waals surface area contributed by atoms with Crippen molar-refractivity contribution >= 4 is 40.3 Å². The van der Waals surface area contributed by atoms with Gasteiger partial charge in [-0.05, 0) is 54.6 Å². The number of hydrogen-bond acceptors (Lipinski definition) is 6. The molecule has 158 valence electrons. The van der Waals surface area contributed by atoms with E-state index in [4.69, 9.17) is 16.0 Å².